The van der Waals surface area contributed by atoms with Crippen LogP contribution in [0.1, 0.15) is 22.3 Å². The smallest absolute Gasteiger partial charge is 0.170 e. The maximum atomic E-state index is 6.07. The van der Waals surface area contributed by atoms with Crippen molar-refractivity contribution in [1.29, 1.82) is 0 Å². The summed E-state index contributed by atoms with van der Waals surface area (Å²) in [5.74, 6) is 1.38. The summed E-state index contributed by atoms with van der Waals surface area (Å²) in [5, 5.41) is 4.33. The molecule has 27 heavy (non-hydrogen) atoms. The standard InChI is InChI=1S/C23H24N2O2/c1-18-8-6-11-20(14-18)17-27-23-21(12-7-13-22(23)26-2)16-25-24-15-19-9-4-3-5-10-19/h3-14,16,24H,15,17H2,1-2H3. The minimum absolute atomic E-state index is 0.473. The molecule has 1 N–H and O–H groups in total. The zero-order valence-electron chi connectivity index (χ0n) is 15.7. The Balaban J connectivity index is 1.69. The number of methoxy groups -OCH3 is 1. The number of ether oxygens (including phenoxy) is 2. The van der Waals surface area contributed by atoms with E-state index >= 15 is 0 Å². The maximum absolute atomic E-state index is 6.07. The Labute approximate surface area is 160 Å². The fourth-order valence-electron chi connectivity index (χ4n) is 2.76. The van der Waals surface area contributed by atoms with Crippen LogP contribution >= 0.6 is 0 Å². The Morgan fingerprint density at radius 2 is 1.70 bits per heavy atom. The van der Waals surface area contributed by atoms with Gasteiger partial charge in [-0.05, 0) is 30.2 Å². The molecule has 0 saturated carbocycles. The Morgan fingerprint density at radius 1 is 0.926 bits per heavy atom. The van der Waals surface area contributed by atoms with Crippen LogP contribution in [-0.4, -0.2) is 13.3 Å². The van der Waals surface area contributed by atoms with Gasteiger partial charge in [0.05, 0.1) is 19.9 Å². The van der Waals surface area contributed by atoms with Crippen LogP contribution in [-0.2, 0) is 13.2 Å². The second kappa shape index (κ2) is 9.43. The third-order valence-corrected chi connectivity index (χ3v) is 4.12. The molecule has 0 spiro atoms. The van der Waals surface area contributed by atoms with Gasteiger partial charge in [0.1, 0.15) is 6.61 Å². The zero-order valence-corrected chi connectivity index (χ0v) is 15.7. The lowest BCUT2D eigenvalue weighted by atomic mass is 10.1. The molecular formula is C23H24N2O2. The second-order valence-corrected chi connectivity index (χ2v) is 6.24. The Morgan fingerprint density at radius 3 is 2.48 bits per heavy atom. The molecule has 0 aromatic heterocycles. The van der Waals surface area contributed by atoms with Crippen LogP contribution in [0, 0.1) is 6.92 Å². The van der Waals surface area contributed by atoms with Gasteiger partial charge in [-0.2, -0.15) is 5.10 Å². The SMILES string of the molecule is COc1cccc(C=NNCc2ccccc2)c1OCc1cccc(C)c1. The Bertz CT molecular complexity index is 892. The first-order valence-electron chi connectivity index (χ1n) is 8.91. The first-order valence-corrected chi connectivity index (χ1v) is 8.91. The molecule has 3 aromatic rings. The average Bonchev–Trinajstić information content (AvgIpc) is 2.70. The lowest BCUT2D eigenvalue weighted by Crippen LogP contribution is -2.06. The van der Waals surface area contributed by atoms with E-state index < -0.39 is 0 Å². The van der Waals surface area contributed by atoms with Crippen molar-refractivity contribution in [3.05, 3.63) is 95.1 Å². The number of aryl methyl sites for hydroxylation is 1. The molecule has 4 heteroatoms. The summed E-state index contributed by atoms with van der Waals surface area (Å²) in [5.41, 5.74) is 7.44. The summed E-state index contributed by atoms with van der Waals surface area (Å²) in [6.07, 6.45) is 1.76. The van der Waals surface area contributed by atoms with E-state index in [0.29, 0.717) is 24.7 Å². The minimum atomic E-state index is 0.473. The summed E-state index contributed by atoms with van der Waals surface area (Å²) >= 11 is 0. The van der Waals surface area contributed by atoms with Gasteiger partial charge in [-0.1, -0.05) is 66.2 Å². The van der Waals surface area contributed by atoms with Crippen molar-refractivity contribution in [3.8, 4) is 11.5 Å². The van der Waals surface area contributed by atoms with Crippen LogP contribution in [0.15, 0.2) is 77.9 Å². The third kappa shape index (κ3) is 5.35. The number of hydrogen-bond acceptors (Lipinski definition) is 4. The van der Waals surface area contributed by atoms with E-state index in [0.717, 1.165) is 11.1 Å². The molecule has 3 rings (SSSR count). The van der Waals surface area contributed by atoms with Gasteiger partial charge in [0.2, 0.25) is 0 Å². The summed E-state index contributed by atoms with van der Waals surface area (Å²) in [4.78, 5) is 0. The van der Waals surface area contributed by atoms with Gasteiger partial charge < -0.3 is 14.9 Å². The van der Waals surface area contributed by atoms with E-state index in [-0.39, 0.29) is 0 Å². The molecule has 0 bridgehead atoms. The highest BCUT2D eigenvalue weighted by Crippen LogP contribution is 2.30. The third-order valence-electron chi connectivity index (χ3n) is 4.12. The number of rotatable bonds is 8. The number of benzene rings is 3. The summed E-state index contributed by atoms with van der Waals surface area (Å²) in [6, 6.07) is 24.2. The molecule has 3 aromatic carbocycles. The quantitative estimate of drug-likeness (QED) is 0.467. The molecule has 0 unspecified atom stereocenters. The number of hydrogen-bond donors (Lipinski definition) is 1. The largest absolute Gasteiger partial charge is 0.493 e. The number of nitrogens with zero attached hydrogens (tertiary/aromatic N) is 1. The normalized spacial score (nSPS) is 10.7. The molecule has 138 valence electrons. The van der Waals surface area contributed by atoms with E-state index in [1.165, 1.54) is 11.1 Å². The van der Waals surface area contributed by atoms with Crippen molar-refractivity contribution in [2.75, 3.05) is 7.11 Å². The summed E-state index contributed by atoms with van der Waals surface area (Å²) < 4.78 is 11.5. The molecule has 0 saturated heterocycles. The van der Waals surface area contributed by atoms with Crippen molar-refractivity contribution in [3.63, 3.8) is 0 Å². The van der Waals surface area contributed by atoms with Crippen molar-refractivity contribution in [2.24, 2.45) is 5.10 Å². The average molecular weight is 360 g/mol. The van der Waals surface area contributed by atoms with Crippen LogP contribution < -0.4 is 14.9 Å². The minimum Gasteiger partial charge on any atom is -0.493 e. The molecule has 0 aliphatic heterocycles. The maximum Gasteiger partial charge on any atom is 0.170 e. The molecule has 0 amide bonds. The van der Waals surface area contributed by atoms with E-state index in [4.69, 9.17) is 9.47 Å². The van der Waals surface area contributed by atoms with Crippen molar-refractivity contribution >= 4 is 6.21 Å². The topological polar surface area (TPSA) is 42.8 Å². The molecule has 0 aliphatic rings. The Kier molecular flexibility index (Phi) is 6.47. The first kappa shape index (κ1) is 18.5. The fraction of sp³-hybridized carbons (Fsp3) is 0.174. The van der Waals surface area contributed by atoms with Crippen LogP contribution in [0.2, 0.25) is 0 Å². The monoisotopic (exact) mass is 360 g/mol. The van der Waals surface area contributed by atoms with E-state index in [2.05, 4.69) is 47.8 Å². The van der Waals surface area contributed by atoms with Crippen molar-refractivity contribution in [1.82, 2.24) is 5.43 Å². The van der Waals surface area contributed by atoms with Gasteiger partial charge in [0.15, 0.2) is 11.5 Å². The van der Waals surface area contributed by atoms with Gasteiger partial charge in [0.25, 0.3) is 0 Å². The summed E-state index contributed by atoms with van der Waals surface area (Å²) in [7, 11) is 1.64. The van der Waals surface area contributed by atoms with Gasteiger partial charge in [0, 0.05) is 5.56 Å². The molecule has 0 fully saturated rings. The van der Waals surface area contributed by atoms with Crippen molar-refractivity contribution in [2.45, 2.75) is 20.1 Å². The number of nitrogens with one attached hydrogen (secondary N) is 1. The molecule has 0 aliphatic carbocycles. The highest BCUT2D eigenvalue weighted by atomic mass is 16.5. The number of hydrazone groups is 1. The molecule has 0 heterocycles. The predicted molar refractivity (Wildman–Crippen MR) is 109 cm³/mol. The molecule has 4 nitrogen and oxygen atoms in total. The van der Waals surface area contributed by atoms with Gasteiger partial charge >= 0.3 is 0 Å². The molecular weight excluding hydrogens is 336 g/mol. The van der Waals surface area contributed by atoms with E-state index in [1.54, 1.807) is 13.3 Å². The molecule has 0 radical (unpaired) electrons. The van der Waals surface area contributed by atoms with Crippen molar-refractivity contribution < 1.29 is 9.47 Å². The highest BCUT2D eigenvalue weighted by Gasteiger charge is 2.09. The second-order valence-electron chi connectivity index (χ2n) is 6.24. The lowest BCUT2D eigenvalue weighted by Gasteiger charge is -2.13. The molecule has 0 atom stereocenters. The van der Waals surface area contributed by atoms with Crippen LogP contribution in [0.3, 0.4) is 0 Å². The summed E-state index contributed by atoms with van der Waals surface area (Å²) in [6.45, 7) is 3.21. The van der Waals surface area contributed by atoms with Crippen LogP contribution in [0.5, 0.6) is 11.5 Å². The lowest BCUT2D eigenvalue weighted by molar-refractivity contribution is 0.284. The fourth-order valence-corrected chi connectivity index (χ4v) is 2.76. The van der Waals surface area contributed by atoms with Crippen LogP contribution in [0.4, 0.5) is 0 Å². The Hall–Kier alpha value is -3.27. The van der Waals surface area contributed by atoms with Gasteiger partial charge in [-0.25, -0.2) is 0 Å². The van der Waals surface area contributed by atoms with E-state index in [9.17, 15) is 0 Å². The highest BCUT2D eigenvalue weighted by molar-refractivity contribution is 5.84. The number of para-hydroxylation sites is 1. The zero-order chi connectivity index (χ0) is 18.9. The first-order chi connectivity index (χ1) is 13.3. The van der Waals surface area contributed by atoms with E-state index in [1.807, 2.05) is 42.5 Å². The predicted octanol–water partition coefficient (Wildman–Crippen LogP) is 4.71. The van der Waals surface area contributed by atoms with Gasteiger partial charge in [-0.3, -0.25) is 0 Å². The van der Waals surface area contributed by atoms with Crippen LogP contribution in [0.25, 0.3) is 0 Å². The van der Waals surface area contributed by atoms with Gasteiger partial charge in [-0.15, -0.1) is 0 Å².